The summed E-state index contributed by atoms with van der Waals surface area (Å²) < 4.78 is 0. The maximum atomic E-state index is 7.10. The fourth-order valence-corrected chi connectivity index (χ4v) is 0. The van der Waals surface area contributed by atoms with E-state index in [9.17, 15) is 0 Å². The molecule has 20 valence electrons. The molecule has 0 rings (SSSR count). The van der Waals surface area contributed by atoms with Crippen LogP contribution in [0.4, 0.5) is 0 Å². The van der Waals surface area contributed by atoms with Crippen molar-refractivity contribution in [2.75, 3.05) is 0 Å². The number of nitrogens with two attached hydrogens (primary N) is 1. The minimum atomic E-state index is 0. The Morgan fingerprint density at radius 2 is 1.75 bits per heavy atom. The van der Waals surface area contributed by atoms with Gasteiger partial charge in [-0.05, 0) is 0 Å². The Morgan fingerprint density at radius 1 is 1.75 bits per heavy atom. The molecule has 2 nitrogen and oxygen atoms in total. The standard InChI is InChI=1S/CH2N2.Ba.2H/c2-1-3;;;/h2H2;;;. The molecule has 0 atom stereocenters. The van der Waals surface area contributed by atoms with Gasteiger partial charge in [-0.15, -0.1) is 0 Å². The van der Waals surface area contributed by atoms with Crippen molar-refractivity contribution < 1.29 is 0 Å². The van der Waals surface area contributed by atoms with Crippen LogP contribution in [0.2, 0.25) is 0 Å². The second-order valence-corrected chi connectivity index (χ2v) is 0.129. The third-order valence-corrected chi connectivity index (χ3v) is 0. The summed E-state index contributed by atoms with van der Waals surface area (Å²) in [5, 5.41) is 7.10. The molecule has 0 unspecified atom stereocenters. The molecule has 0 radical (unpaired) electrons. The molecule has 0 aromatic carbocycles. The van der Waals surface area contributed by atoms with Crippen LogP contribution >= 0.6 is 0 Å². The van der Waals surface area contributed by atoms with Gasteiger partial charge in [0.1, 0.15) is 0 Å². The number of rotatable bonds is 0. The van der Waals surface area contributed by atoms with Crippen LogP contribution in [0.1, 0.15) is 0 Å². The van der Waals surface area contributed by atoms with Gasteiger partial charge >= 0.3 is 48.9 Å². The van der Waals surface area contributed by atoms with Crippen molar-refractivity contribution in [3.05, 3.63) is 0 Å². The van der Waals surface area contributed by atoms with Gasteiger partial charge in [-0.2, -0.15) is 5.26 Å². The van der Waals surface area contributed by atoms with E-state index in [0.29, 0.717) is 0 Å². The van der Waals surface area contributed by atoms with E-state index >= 15 is 0 Å². The average molecular weight is 181 g/mol. The Balaban J connectivity index is 0. The summed E-state index contributed by atoms with van der Waals surface area (Å²) >= 11 is 0. The zero-order valence-corrected chi connectivity index (χ0v) is 1.52. The first-order valence-corrected chi connectivity index (χ1v) is 0.512. The van der Waals surface area contributed by atoms with E-state index in [2.05, 4.69) is 5.73 Å². The van der Waals surface area contributed by atoms with Crippen LogP contribution in [0.25, 0.3) is 0 Å². The molecule has 0 aromatic rings. The number of nitriles is 1. The van der Waals surface area contributed by atoms with E-state index in [1.807, 2.05) is 0 Å². The predicted octanol–water partition coefficient (Wildman–Crippen LogP) is -1.49. The molecular formula is CH4BaN2. The van der Waals surface area contributed by atoms with Crippen molar-refractivity contribution in [1.82, 2.24) is 0 Å². The van der Waals surface area contributed by atoms with Gasteiger partial charge in [0.2, 0.25) is 0 Å². The van der Waals surface area contributed by atoms with E-state index in [1.165, 1.54) is 6.19 Å². The van der Waals surface area contributed by atoms with E-state index in [0.717, 1.165) is 0 Å². The zero-order valence-electron chi connectivity index (χ0n) is 1.52. The molecule has 0 bridgehead atoms. The third kappa shape index (κ3) is 13.4. The maximum absolute atomic E-state index is 7.10. The molecular weight excluding hydrogens is 177 g/mol. The quantitative estimate of drug-likeness (QED) is 0.281. The van der Waals surface area contributed by atoms with Gasteiger partial charge in [0.25, 0.3) is 0 Å². The Hall–Kier alpha value is 0.861. The number of hydrogen-bond donors (Lipinski definition) is 1. The first-order chi connectivity index (χ1) is 1.41. The summed E-state index contributed by atoms with van der Waals surface area (Å²) in [6.45, 7) is 0. The molecule has 0 spiro atoms. The Bertz CT molecular complexity index is 27.5. The number of hydrogen-bond acceptors (Lipinski definition) is 2. The zero-order chi connectivity index (χ0) is 2.71. The van der Waals surface area contributed by atoms with Crippen molar-refractivity contribution in [3.8, 4) is 6.19 Å². The summed E-state index contributed by atoms with van der Waals surface area (Å²) in [6, 6.07) is 0. The van der Waals surface area contributed by atoms with Gasteiger partial charge in [0, 0.05) is 0 Å². The second-order valence-electron chi connectivity index (χ2n) is 0.129. The van der Waals surface area contributed by atoms with E-state index in [1.54, 1.807) is 0 Å². The summed E-state index contributed by atoms with van der Waals surface area (Å²) in [4.78, 5) is 0. The van der Waals surface area contributed by atoms with Crippen molar-refractivity contribution in [3.63, 3.8) is 0 Å². The van der Waals surface area contributed by atoms with Crippen LogP contribution in [-0.4, -0.2) is 48.9 Å². The first-order valence-electron chi connectivity index (χ1n) is 0.512. The van der Waals surface area contributed by atoms with E-state index < -0.39 is 0 Å². The molecule has 0 saturated heterocycles. The van der Waals surface area contributed by atoms with Crippen LogP contribution in [-0.2, 0) is 0 Å². The van der Waals surface area contributed by atoms with Gasteiger partial charge in [0.05, 0.1) is 0 Å². The molecule has 3 heteroatoms. The Morgan fingerprint density at radius 3 is 1.75 bits per heavy atom. The fourth-order valence-electron chi connectivity index (χ4n) is 0. The van der Waals surface area contributed by atoms with E-state index in [4.69, 9.17) is 5.26 Å². The normalized spacial score (nSPS) is 1.75. The summed E-state index contributed by atoms with van der Waals surface area (Å²) in [5.74, 6) is 0. The molecule has 0 aliphatic heterocycles. The number of nitrogens with zero attached hydrogens (tertiary/aromatic N) is 1. The van der Waals surface area contributed by atoms with Gasteiger partial charge in [-0.3, -0.25) is 0 Å². The van der Waals surface area contributed by atoms with Gasteiger partial charge < -0.3 is 5.73 Å². The van der Waals surface area contributed by atoms with Gasteiger partial charge in [-0.1, -0.05) is 0 Å². The first kappa shape index (κ1) is 8.85. The monoisotopic (exact) mass is 182 g/mol. The van der Waals surface area contributed by atoms with Gasteiger partial charge in [-0.25, -0.2) is 0 Å². The van der Waals surface area contributed by atoms with Crippen LogP contribution in [0.15, 0.2) is 0 Å². The fraction of sp³-hybridized carbons (Fsp3) is 0. The van der Waals surface area contributed by atoms with Crippen molar-refractivity contribution in [2.24, 2.45) is 5.73 Å². The van der Waals surface area contributed by atoms with Crippen molar-refractivity contribution in [2.45, 2.75) is 0 Å². The molecule has 0 aliphatic rings. The van der Waals surface area contributed by atoms with Crippen LogP contribution < -0.4 is 5.73 Å². The van der Waals surface area contributed by atoms with Gasteiger partial charge in [0.15, 0.2) is 6.19 Å². The summed E-state index contributed by atoms with van der Waals surface area (Å²) in [6.07, 6.45) is 1.25. The third-order valence-electron chi connectivity index (χ3n) is 0. The molecule has 0 aliphatic carbocycles. The van der Waals surface area contributed by atoms with Crippen LogP contribution in [0.5, 0.6) is 0 Å². The summed E-state index contributed by atoms with van der Waals surface area (Å²) in [5.41, 5.74) is 4.15. The van der Waals surface area contributed by atoms with Crippen LogP contribution in [0.3, 0.4) is 0 Å². The summed E-state index contributed by atoms with van der Waals surface area (Å²) in [7, 11) is 0. The molecule has 4 heavy (non-hydrogen) atoms. The van der Waals surface area contributed by atoms with Crippen molar-refractivity contribution >= 4 is 48.9 Å². The average Bonchev–Trinajstić information content (AvgIpc) is 0.918. The molecule has 0 saturated carbocycles. The molecule has 0 fully saturated rings. The molecule has 0 amide bonds. The predicted molar refractivity (Wildman–Crippen MR) is 18.3 cm³/mol. The van der Waals surface area contributed by atoms with E-state index in [-0.39, 0.29) is 48.9 Å². The Kier molecular flexibility index (Phi) is 20.2. The molecule has 0 heterocycles. The van der Waals surface area contributed by atoms with Crippen LogP contribution in [0, 0.1) is 11.5 Å². The van der Waals surface area contributed by atoms with Crippen molar-refractivity contribution in [1.29, 1.82) is 5.26 Å². The molecule has 2 N–H and O–H groups in total. The SMILES string of the molecule is N#CN.[BaH2]. The Labute approximate surface area is 65.0 Å². The minimum absolute atomic E-state index is 0. The molecule has 0 aromatic heterocycles. The second kappa shape index (κ2) is 9.12. The topological polar surface area (TPSA) is 49.8 Å².